The number of nitrogens with one attached hydrogen (secondary N) is 2. The lowest BCUT2D eigenvalue weighted by molar-refractivity contribution is -0.136. The van der Waals surface area contributed by atoms with Gasteiger partial charge in [0.15, 0.2) is 0 Å². The van der Waals surface area contributed by atoms with Crippen LogP contribution in [-0.4, -0.2) is 71.6 Å². The molecule has 0 aliphatic carbocycles. The number of hydrogen-bond donors (Lipinski definition) is 2. The minimum Gasteiger partial charge on any atom is -0.382 e. The van der Waals surface area contributed by atoms with Crippen molar-refractivity contribution in [2.45, 2.75) is 19.0 Å². The molecule has 2 aromatic heterocycles. The summed E-state index contributed by atoms with van der Waals surface area (Å²) in [6, 6.07) is 4.80. The molecule has 9 nitrogen and oxygen atoms in total. The van der Waals surface area contributed by atoms with E-state index in [9.17, 15) is 9.59 Å². The van der Waals surface area contributed by atoms with Gasteiger partial charge < -0.3 is 20.3 Å². The Morgan fingerprint density at radius 3 is 2.70 bits per heavy atom. The Hall–Kier alpha value is -2.33. The third-order valence-electron chi connectivity index (χ3n) is 4.76. The number of rotatable bonds is 5. The Balaban J connectivity index is 0.00000320. The highest BCUT2D eigenvalue weighted by molar-refractivity contribution is 6.29. The molecule has 0 spiro atoms. The van der Waals surface area contributed by atoms with E-state index in [1.807, 2.05) is 11.0 Å². The molecule has 3 heterocycles. The standard InChI is InChI=1S/C19H23ClN6O3.ClH/c1-11(27)26-13(9-29-3)7-22-8-17(26)12-4-15(25-18(20)5-12)14-6-16(19(28)21-2)24-10-23-14;/h4-6,10,13,17,22H,7-9H2,1-3H3,(H,21,28);1H/t13-,17-;/m1./s1. The summed E-state index contributed by atoms with van der Waals surface area (Å²) < 4.78 is 5.28. The zero-order valence-corrected chi connectivity index (χ0v) is 18.5. The van der Waals surface area contributed by atoms with Gasteiger partial charge in [-0.15, -0.1) is 12.4 Å². The first-order valence-electron chi connectivity index (χ1n) is 9.15. The van der Waals surface area contributed by atoms with E-state index >= 15 is 0 Å². The lowest BCUT2D eigenvalue weighted by atomic mass is 9.99. The Morgan fingerprint density at radius 1 is 1.27 bits per heavy atom. The number of carbonyl (C=O) groups is 2. The van der Waals surface area contributed by atoms with E-state index in [4.69, 9.17) is 16.3 Å². The topological polar surface area (TPSA) is 109 Å². The largest absolute Gasteiger partial charge is 0.382 e. The Kier molecular flexibility index (Phi) is 8.48. The number of methoxy groups -OCH3 is 1. The highest BCUT2D eigenvalue weighted by atomic mass is 35.5. The monoisotopic (exact) mass is 454 g/mol. The van der Waals surface area contributed by atoms with Gasteiger partial charge in [-0.3, -0.25) is 9.59 Å². The van der Waals surface area contributed by atoms with Crippen molar-refractivity contribution >= 4 is 35.8 Å². The molecule has 0 unspecified atom stereocenters. The smallest absolute Gasteiger partial charge is 0.269 e. The summed E-state index contributed by atoms with van der Waals surface area (Å²) in [4.78, 5) is 38.6. The van der Waals surface area contributed by atoms with E-state index in [1.165, 1.54) is 13.4 Å². The van der Waals surface area contributed by atoms with Crippen molar-refractivity contribution in [3.63, 3.8) is 0 Å². The maximum absolute atomic E-state index is 12.4. The predicted octanol–water partition coefficient (Wildman–Crippen LogP) is 1.48. The van der Waals surface area contributed by atoms with Crippen LogP contribution in [0.1, 0.15) is 29.0 Å². The Morgan fingerprint density at radius 2 is 2.03 bits per heavy atom. The minimum atomic E-state index is -0.322. The summed E-state index contributed by atoms with van der Waals surface area (Å²) >= 11 is 6.29. The fourth-order valence-corrected chi connectivity index (χ4v) is 3.73. The highest BCUT2D eigenvalue weighted by Gasteiger charge is 2.33. The number of amides is 2. The second-order valence-electron chi connectivity index (χ2n) is 6.69. The van der Waals surface area contributed by atoms with Gasteiger partial charge in [0.2, 0.25) is 5.91 Å². The summed E-state index contributed by atoms with van der Waals surface area (Å²) in [6.07, 6.45) is 1.31. The summed E-state index contributed by atoms with van der Waals surface area (Å²) in [7, 11) is 3.14. The summed E-state index contributed by atoms with van der Waals surface area (Å²) in [5, 5.41) is 6.15. The van der Waals surface area contributed by atoms with Crippen molar-refractivity contribution in [1.29, 1.82) is 0 Å². The van der Waals surface area contributed by atoms with Gasteiger partial charge in [0.1, 0.15) is 17.2 Å². The predicted molar refractivity (Wildman–Crippen MR) is 115 cm³/mol. The van der Waals surface area contributed by atoms with Gasteiger partial charge in [-0.05, 0) is 23.8 Å². The van der Waals surface area contributed by atoms with E-state index in [2.05, 4.69) is 25.6 Å². The normalized spacial score (nSPS) is 18.5. The number of aromatic nitrogens is 3. The Bertz CT molecular complexity index is 912. The van der Waals surface area contributed by atoms with Crippen LogP contribution < -0.4 is 10.6 Å². The second kappa shape index (κ2) is 10.6. The van der Waals surface area contributed by atoms with E-state index in [0.717, 1.165) is 5.56 Å². The van der Waals surface area contributed by atoms with Crippen LogP contribution in [0.5, 0.6) is 0 Å². The summed E-state index contributed by atoms with van der Waals surface area (Å²) in [6.45, 7) is 3.20. The average molecular weight is 455 g/mol. The fourth-order valence-electron chi connectivity index (χ4n) is 3.51. The molecule has 2 amide bonds. The molecule has 0 radical (unpaired) electrons. The molecular weight excluding hydrogens is 431 g/mol. The number of halogens is 2. The zero-order chi connectivity index (χ0) is 21.0. The fraction of sp³-hybridized carbons (Fsp3) is 0.421. The molecule has 11 heteroatoms. The third kappa shape index (κ3) is 5.23. The van der Waals surface area contributed by atoms with Crippen molar-refractivity contribution in [3.05, 3.63) is 40.9 Å². The molecule has 30 heavy (non-hydrogen) atoms. The first kappa shape index (κ1) is 23.9. The van der Waals surface area contributed by atoms with Gasteiger partial charge >= 0.3 is 0 Å². The van der Waals surface area contributed by atoms with Crippen molar-refractivity contribution in [1.82, 2.24) is 30.5 Å². The SMILES string of the molecule is CNC(=O)c1cc(-c2cc([C@H]3CNC[C@H](COC)N3C(C)=O)cc(Cl)n2)ncn1.Cl. The van der Waals surface area contributed by atoms with E-state index in [1.54, 1.807) is 26.2 Å². The maximum Gasteiger partial charge on any atom is 0.269 e. The van der Waals surface area contributed by atoms with Crippen molar-refractivity contribution in [3.8, 4) is 11.4 Å². The molecule has 0 saturated carbocycles. The molecule has 2 aromatic rings. The van der Waals surface area contributed by atoms with Crippen LogP contribution in [0.25, 0.3) is 11.4 Å². The van der Waals surface area contributed by atoms with E-state index in [0.29, 0.717) is 31.1 Å². The molecule has 2 atom stereocenters. The summed E-state index contributed by atoms with van der Waals surface area (Å²) in [5.41, 5.74) is 2.01. The number of ether oxygens (including phenoxy) is 1. The van der Waals surface area contributed by atoms with Gasteiger partial charge in [0.05, 0.1) is 30.1 Å². The van der Waals surface area contributed by atoms with Crippen LogP contribution in [0, 0.1) is 0 Å². The quantitative estimate of drug-likeness (QED) is 0.658. The van der Waals surface area contributed by atoms with Crippen molar-refractivity contribution in [2.24, 2.45) is 0 Å². The number of carbonyl (C=O) groups excluding carboxylic acids is 2. The molecule has 2 N–H and O–H groups in total. The van der Waals surface area contributed by atoms with Gasteiger partial charge in [0.25, 0.3) is 5.91 Å². The minimum absolute atomic E-state index is 0. The van der Waals surface area contributed by atoms with Crippen LogP contribution in [-0.2, 0) is 9.53 Å². The van der Waals surface area contributed by atoms with Crippen molar-refractivity contribution < 1.29 is 14.3 Å². The van der Waals surface area contributed by atoms with Crippen LogP contribution >= 0.6 is 24.0 Å². The first-order chi connectivity index (χ1) is 13.9. The molecule has 1 aliphatic rings. The molecule has 0 bridgehead atoms. The van der Waals surface area contributed by atoms with Crippen LogP contribution in [0.2, 0.25) is 5.15 Å². The number of hydrogen-bond acceptors (Lipinski definition) is 7. The second-order valence-corrected chi connectivity index (χ2v) is 7.07. The van der Waals surface area contributed by atoms with Crippen molar-refractivity contribution in [2.75, 3.05) is 33.9 Å². The molecule has 1 fully saturated rings. The molecular formula is C19H24Cl2N6O3. The lowest BCUT2D eigenvalue weighted by Gasteiger charge is -2.42. The van der Waals surface area contributed by atoms with E-state index in [-0.39, 0.29) is 47.2 Å². The maximum atomic E-state index is 12.4. The van der Waals surface area contributed by atoms with Crippen LogP contribution in [0.4, 0.5) is 0 Å². The first-order valence-corrected chi connectivity index (χ1v) is 9.53. The van der Waals surface area contributed by atoms with E-state index < -0.39 is 0 Å². The molecule has 3 rings (SSSR count). The summed E-state index contributed by atoms with van der Waals surface area (Å²) in [5.74, 6) is -0.366. The molecule has 0 aromatic carbocycles. The van der Waals surface area contributed by atoms with Gasteiger partial charge in [-0.1, -0.05) is 11.6 Å². The Labute approximate surface area is 186 Å². The molecule has 162 valence electrons. The molecule has 1 aliphatic heterocycles. The van der Waals surface area contributed by atoms with Gasteiger partial charge in [-0.2, -0.15) is 0 Å². The van der Waals surface area contributed by atoms with Crippen LogP contribution in [0.3, 0.4) is 0 Å². The number of pyridine rings is 1. The van der Waals surface area contributed by atoms with Crippen LogP contribution in [0.15, 0.2) is 24.5 Å². The van der Waals surface area contributed by atoms with Gasteiger partial charge in [-0.25, -0.2) is 15.0 Å². The average Bonchev–Trinajstić information content (AvgIpc) is 2.72. The lowest BCUT2D eigenvalue weighted by Crippen LogP contribution is -2.56. The zero-order valence-electron chi connectivity index (χ0n) is 16.9. The highest BCUT2D eigenvalue weighted by Crippen LogP contribution is 2.30. The molecule has 1 saturated heterocycles. The number of nitrogens with zero attached hydrogens (tertiary/aromatic N) is 4. The third-order valence-corrected chi connectivity index (χ3v) is 4.95. The number of piperazine rings is 1. The van der Waals surface area contributed by atoms with Gasteiger partial charge in [0, 0.05) is 34.2 Å².